The number of rotatable bonds is 4. The molecule has 2 aromatic heterocycles. The van der Waals surface area contributed by atoms with Crippen LogP contribution in [0.15, 0.2) is 48.0 Å². The second-order valence-electron chi connectivity index (χ2n) is 7.88. The molecule has 2 atom stereocenters. The van der Waals surface area contributed by atoms with Crippen molar-refractivity contribution in [3.63, 3.8) is 0 Å². The molecule has 0 aliphatic carbocycles. The van der Waals surface area contributed by atoms with Crippen molar-refractivity contribution in [1.29, 1.82) is 0 Å². The van der Waals surface area contributed by atoms with Crippen molar-refractivity contribution in [3.8, 4) is 0 Å². The summed E-state index contributed by atoms with van der Waals surface area (Å²) in [5.41, 5.74) is 5.38. The Morgan fingerprint density at radius 3 is 2.50 bits per heavy atom. The molecular formula is C23H26N4O2S. The number of β-amino-alcohol motifs (C(OH)–C–C–N with tert-alkyl or cyclic N) is 1. The maximum Gasteiger partial charge on any atom is 0.264 e. The van der Waals surface area contributed by atoms with E-state index >= 15 is 0 Å². The van der Waals surface area contributed by atoms with Crippen LogP contribution in [0.25, 0.3) is 0 Å². The smallest absolute Gasteiger partial charge is 0.264 e. The van der Waals surface area contributed by atoms with Gasteiger partial charge in [0.25, 0.3) is 5.91 Å². The highest BCUT2D eigenvalue weighted by Gasteiger charge is 2.45. The lowest BCUT2D eigenvalue weighted by Crippen LogP contribution is -2.62. The maximum atomic E-state index is 13.1. The second kappa shape index (κ2) is 8.16. The van der Waals surface area contributed by atoms with Crippen molar-refractivity contribution in [3.05, 3.63) is 75.5 Å². The quantitative estimate of drug-likeness (QED) is 0.674. The van der Waals surface area contributed by atoms with E-state index in [1.54, 1.807) is 5.51 Å². The van der Waals surface area contributed by atoms with Gasteiger partial charge in [0.2, 0.25) is 0 Å². The molecule has 156 valence electrons. The van der Waals surface area contributed by atoms with Crippen LogP contribution in [0.5, 0.6) is 0 Å². The van der Waals surface area contributed by atoms with Gasteiger partial charge in [0.1, 0.15) is 4.88 Å². The Morgan fingerprint density at radius 2 is 1.90 bits per heavy atom. The average molecular weight is 423 g/mol. The fraction of sp³-hybridized carbons (Fsp3) is 0.348. The fourth-order valence-electron chi connectivity index (χ4n) is 4.23. The van der Waals surface area contributed by atoms with Gasteiger partial charge in [0.05, 0.1) is 22.8 Å². The van der Waals surface area contributed by atoms with Crippen LogP contribution in [0.3, 0.4) is 0 Å². The number of hydrogen-bond acceptors (Lipinski definition) is 6. The molecule has 0 unspecified atom stereocenters. The number of amides is 1. The molecule has 1 amide bonds. The number of benzene rings is 1. The molecule has 4 rings (SSSR count). The molecule has 0 saturated carbocycles. The highest BCUT2D eigenvalue weighted by molar-refractivity contribution is 7.11. The number of aliphatic hydroxyl groups is 1. The van der Waals surface area contributed by atoms with Crippen molar-refractivity contribution >= 4 is 22.9 Å². The molecule has 3 heterocycles. The van der Waals surface area contributed by atoms with Gasteiger partial charge in [-0.3, -0.25) is 9.78 Å². The number of nitrogens with one attached hydrogen (secondary N) is 1. The van der Waals surface area contributed by atoms with E-state index in [4.69, 9.17) is 0 Å². The topological polar surface area (TPSA) is 78.4 Å². The third-order valence-corrected chi connectivity index (χ3v) is 6.67. The van der Waals surface area contributed by atoms with Crippen LogP contribution in [0, 0.1) is 20.8 Å². The summed E-state index contributed by atoms with van der Waals surface area (Å²) in [4.78, 5) is 24.5. The third-order valence-electron chi connectivity index (χ3n) is 5.75. The molecule has 1 aliphatic rings. The van der Waals surface area contributed by atoms with Gasteiger partial charge >= 0.3 is 0 Å². The summed E-state index contributed by atoms with van der Waals surface area (Å²) in [6.45, 7) is 6.90. The van der Waals surface area contributed by atoms with Gasteiger partial charge in [-0.1, -0.05) is 30.3 Å². The van der Waals surface area contributed by atoms with Crippen LogP contribution < -0.4 is 10.2 Å². The highest BCUT2D eigenvalue weighted by Crippen LogP contribution is 2.36. The molecule has 30 heavy (non-hydrogen) atoms. The number of nitrogens with zero attached hydrogens (tertiary/aromatic N) is 3. The maximum absolute atomic E-state index is 13.1. The Bertz CT molecular complexity index is 1030. The number of anilines is 1. The first kappa shape index (κ1) is 20.5. The summed E-state index contributed by atoms with van der Waals surface area (Å²) in [7, 11) is 0. The van der Waals surface area contributed by atoms with E-state index in [1.807, 2.05) is 63.2 Å². The first-order valence-electron chi connectivity index (χ1n) is 10.1. The fourth-order valence-corrected chi connectivity index (χ4v) is 4.93. The van der Waals surface area contributed by atoms with Crippen molar-refractivity contribution in [2.75, 3.05) is 18.0 Å². The number of aryl methyl sites for hydroxylation is 3. The van der Waals surface area contributed by atoms with Crippen LogP contribution in [0.2, 0.25) is 0 Å². The molecule has 0 spiro atoms. The predicted octanol–water partition coefficient (Wildman–Crippen LogP) is 3.36. The minimum absolute atomic E-state index is 0.193. The van der Waals surface area contributed by atoms with Crippen molar-refractivity contribution < 1.29 is 9.90 Å². The largest absolute Gasteiger partial charge is 0.388 e. The van der Waals surface area contributed by atoms with Crippen molar-refractivity contribution in [1.82, 2.24) is 15.3 Å². The number of thiazole rings is 1. The first-order valence-corrected chi connectivity index (χ1v) is 10.9. The Hall–Kier alpha value is -2.77. The first-order chi connectivity index (χ1) is 14.4. The normalized spacial score (nSPS) is 21.5. The number of hydrogen-bond donors (Lipinski definition) is 2. The Morgan fingerprint density at radius 1 is 1.20 bits per heavy atom. The van der Waals surface area contributed by atoms with E-state index in [9.17, 15) is 9.90 Å². The van der Waals surface area contributed by atoms with E-state index in [1.165, 1.54) is 11.3 Å². The molecule has 0 bridgehead atoms. The van der Waals surface area contributed by atoms with Gasteiger partial charge in [-0.2, -0.15) is 0 Å². The second-order valence-corrected chi connectivity index (χ2v) is 8.73. The predicted molar refractivity (Wildman–Crippen MR) is 119 cm³/mol. The highest BCUT2D eigenvalue weighted by atomic mass is 32.1. The Balaban J connectivity index is 1.66. The molecule has 3 aromatic rings. The molecule has 6 nitrogen and oxygen atoms in total. The summed E-state index contributed by atoms with van der Waals surface area (Å²) in [5.74, 6) is -0.193. The SMILES string of the molecule is Cc1cc(N2CC[C@@](NC(=O)c3scnc3C)(c3ccccc3)[C@H](O)C2)cc(C)n1. The van der Waals surface area contributed by atoms with Crippen LogP contribution in [0.1, 0.15) is 38.7 Å². The minimum Gasteiger partial charge on any atom is -0.388 e. The molecule has 2 N–H and O–H groups in total. The lowest BCUT2D eigenvalue weighted by molar-refractivity contribution is 0.0367. The van der Waals surface area contributed by atoms with Crippen LogP contribution >= 0.6 is 11.3 Å². The molecule has 7 heteroatoms. The summed E-state index contributed by atoms with van der Waals surface area (Å²) < 4.78 is 0. The lowest BCUT2D eigenvalue weighted by atomic mass is 9.78. The number of carbonyl (C=O) groups excluding carboxylic acids is 1. The summed E-state index contributed by atoms with van der Waals surface area (Å²) >= 11 is 1.32. The lowest BCUT2D eigenvalue weighted by Gasteiger charge is -2.47. The van der Waals surface area contributed by atoms with E-state index in [0.717, 1.165) is 22.6 Å². The van der Waals surface area contributed by atoms with Gasteiger partial charge in [-0.25, -0.2) is 4.98 Å². The van der Waals surface area contributed by atoms with E-state index in [-0.39, 0.29) is 5.91 Å². The molecule has 0 radical (unpaired) electrons. The van der Waals surface area contributed by atoms with E-state index in [0.29, 0.717) is 30.1 Å². The Labute approximate surface area is 180 Å². The molecule has 1 fully saturated rings. The zero-order valence-corrected chi connectivity index (χ0v) is 18.2. The van der Waals surface area contributed by atoms with E-state index in [2.05, 4.69) is 20.2 Å². The monoisotopic (exact) mass is 422 g/mol. The summed E-state index contributed by atoms with van der Waals surface area (Å²) in [6.07, 6.45) is -0.193. The number of pyridine rings is 1. The van der Waals surface area contributed by atoms with Gasteiger partial charge in [0, 0.05) is 30.2 Å². The average Bonchev–Trinajstić information content (AvgIpc) is 3.15. The van der Waals surface area contributed by atoms with Crippen molar-refractivity contribution in [2.45, 2.75) is 38.8 Å². The van der Waals surface area contributed by atoms with Gasteiger partial charge in [-0.05, 0) is 44.9 Å². The molecule has 1 aliphatic heterocycles. The van der Waals surface area contributed by atoms with Gasteiger partial charge in [0.15, 0.2) is 0 Å². The minimum atomic E-state index is -0.859. The standard InChI is InChI=1S/C23H26N4O2S/c1-15-11-19(12-16(2)25-15)27-10-9-23(20(28)13-27,18-7-5-4-6-8-18)26-22(29)21-17(3)24-14-30-21/h4-8,11-12,14,20,28H,9-10,13H2,1-3H3,(H,26,29)/t20-,23-/m1/s1. The van der Waals surface area contributed by atoms with Crippen LogP contribution in [0.4, 0.5) is 5.69 Å². The van der Waals surface area contributed by atoms with Crippen LogP contribution in [-0.2, 0) is 5.54 Å². The molecular weight excluding hydrogens is 396 g/mol. The number of piperidine rings is 1. The summed E-state index contributed by atoms with van der Waals surface area (Å²) in [5, 5.41) is 14.6. The van der Waals surface area contributed by atoms with Gasteiger partial charge in [-0.15, -0.1) is 11.3 Å². The van der Waals surface area contributed by atoms with Gasteiger partial charge < -0.3 is 15.3 Å². The van der Waals surface area contributed by atoms with E-state index < -0.39 is 11.6 Å². The molecule has 1 saturated heterocycles. The Kier molecular flexibility index (Phi) is 5.58. The van der Waals surface area contributed by atoms with Crippen molar-refractivity contribution in [2.24, 2.45) is 0 Å². The zero-order valence-electron chi connectivity index (χ0n) is 17.4. The summed E-state index contributed by atoms with van der Waals surface area (Å²) in [6, 6.07) is 13.8. The number of carbonyl (C=O) groups is 1. The number of aliphatic hydroxyl groups excluding tert-OH is 1. The number of aromatic nitrogens is 2. The van der Waals surface area contributed by atoms with Crippen LogP contribution in [-0.4, -0.2) is 40.2 Å². The third kappa shape index (κ3) is 3.82. The zero-order chi connectivity index (χ0) is 21.3. The molecule has 1 aromatic carbocycles.